The Kier molecular flexibility index (Phi) is 5.26. The topological polar surface area (TPSA) is 76.7 Å². The fourth-order valence-corrected chi connectivity index (χ4v) is 2.34. The summed E-state index contributed by atoms with van der Waals surface area (Å²) in [6.07, 6.45) is 0.544. The molecule has 2 rings (SSSR count). The van der Waals surface area contributed by atoms with Gasteiger partial charge in [0, 0.05) is 5.70 Å². The van der Waals surface area contributed by atoms with E-state index in [4.69, 9.17) is 9.47 Å². The van der Waals surface area contributed by atoms with Crippen molar-refractivity contribution in [3.05, 3.63) is 41.1 Å². The molecule has 1 aromatic carbocycles. The minimum Gasteiger partial charge on any atom is -0.497 e. The SMILES string of the molecule is CCC(C)OC(=O)C1=C(C)NC(=O)NC1c1ccc(OC)cc1. The van der Waals surface area contributed by atoms with Crippen molar-refractivity contribution in [1.29, 1.82) is 0 Å². The van der Waals surface area contributed by atoms with Crippen LogP contribution in [0.25, 0.3) is 0 Å². The van der Waals surface area contributed by atoms with Crippen molar-refractivity contribution < 1.29 is 19.1 Å². The molecule has 0 fully saturated rings. The molecule has 1 aliphatic heterocycles. The lowest BCUT2D eigenvalue weighted by Gasteiger charge is -2.28. The van der Waals surface area contributed by atoms with Gasteiger partial charge < -0.3 is 20.1 Å². The highest BCUT2D eigenvalue weighted by molar-refractivity contribution is 5.95. The Hall–Kier alpha value is -2.50. The second-order valence-corrected chi connectivity index (χ2v) is 5.47. The molecule has 0 aromatic heterocycles. The van der Waals surface area contributed by atoms with Gasteiger partial charge in [-0.1, -0.05) is 19.1 Å². The monoisotopic (exact) mass is 318 g/mol. The summed E-state index contributed by atoms with van der Waals surface area (Å²) in [5, 5.41) is 5.40. The van der Waals surface area contributed by atoms with E-state index in [9.17, 15) is 9.59 Å². The fraction of sp³-hybridized carbons (Fsp3) is 0.412. The van der Waals surface area contributed by atoms with Gasteiger partial charge in [-0.05, 0) is 38.0 Å². The van der Waals surface area contributed by atoms with Crippen LogP contribution < -0.4 is 15.4 Å². The van der Waals surface area contributed by atoms with Gasteiger partial charge in [0.25, 0.3) is 0 Å². The average molecular weight is 318 g/mol. The summed E-state index contributed by atoms with van der Waals surface area (Å²) in [6, 6.07) is 6.32. The molecular formula is C17H22N2O4. The van der Waals surface area contributed by atoms with Gasteiger partial charge in [0.15, 0.2) is 0 Å². The van der Waals surface area contributed by atoms with E-state index in [-0.39, 0.29) is 12.1 Å². The summed E-state index contributed by atoms with van der Waals surface area (Å²) in [5.41, 5.74) is 1.70. The molecule has 2 atom stereocenters. The van der Waals surface area contributed by atoms with Crippen molar-refractivity contribution in [2.24, 2.45) is 0 Å². The van der Waals surface area contributed by atoms with E-state index in [0.717, 1.165) is 12.0 Å². The Morgan fingerprint density at radius 1 is 1.30 bits per heavy atom. The largest absolute Gasteiger partial charge is 0.497 e. The molecule has 2 amide bonds. The fourth-order valence-electron chi connectivity index (χ4n) is 2.34. The number of hydrogen-bond donors (Lipinski definition) is 2. The van der Waals surface area contributed by atoms with Crippen molar-refractivity contribution in [3.63, 3.8) is 0 Å². The molecule has 1 aromatic rings. The zero-order valence-corrected chi connectivity index (χ0v) is 13.8. The van der Waals surface area contributed by atoms with Crippen LogP contribution in [0.15, 0.2) is 35.5 Å². The maximum absolute atomic E-state index is 12.5. The number of benzene rings is 1. The summed E-state index contributed by atoms with van der Waals surface area (Å²) in [6.45, 7) is 5.48. The maximum Gasteiger partial charge on any atom is 0.338 e. The Labute approximate surface area is 135 Å². The third-order valence-corrected chi connectivity index (χ3v) is 3.82. The van der Waals surface area contributed by atoms with Crippen LogP contribution in [0, 0.1) is 0 Å². The number of carbonyl (C=O) groups excluding carboxylic acids is 2. The number of amides is 2. The number of carbonyl (C=O) groups is 2. The Bertz CT molecular complexity index is 622. The van der Waals surface area contributed by atoms with Crippen molar-refractivity contribution in [1.82, 2.24) is 10.6 Å². The molecule has 23 heavy (non-hydrogen) atoms. The van der Waals surface area contributed by atoms with Crippen molar-refractivity contribution in [3.8, 4) is 5.75 Å². The van der Waals surface area contributed by atoms with E-state index in [1.54, 1.807) is 26.2 Å². The van der Waals surface area contributed by atoms with Gasteiger partial charge in [-0.25, -0.2) is 9.59 Å². The highest BCUT2D eigenvalue weighted by atomic mass is 16.5. The van der Waals surface area contributed by atoms with E-state index in [1.807, 2.05) is 26.0 Å². The van der Waals surface area contributed by atoms with Crippen LogP contribution >= 0.6 is 0 Å². The van der Waals surface area contributed by atoms with Crippen LogP contribution in [-0.4, -0.2) is 25.2 Å². The van der Waals surface area contributed by atoms with Gasteiger partial charge in [-0.3, -0.25) is 0 Å². The molecule has 0 aliphatic carbocycles. The number of esters is 1. The summed E-state index contributed by atoms with van der Waals surface area (Å²) in [4.78, 5) is 24.3. The average Bonchev–Trinajstić information content (AvgIpc) is 2.53. The van der Waals surface area contributed by atoms with Gasteiger partial charge in [0.2, 0.25) is 0 Å². The summed E-state index contributed by atoms with van der Waals surface area (Å²) in [5.74, 6) is 0.281. The van der Waals surface area contributed by atoms with E-state index in [2.05, 4.69) is 10.6 Å². The molecule has 1 aliphatic rings. The number of allylic oxidation sites excluding steroid dienone is 1. The molecule has 124 valence electrons. The van der Waals surface area contributed by atoms with E-state index >= 15 is 0 Å². The predicted molar refractivity (Wildman–Crippen MR) is 85.9 cm³/mol. The smallest absolute Gasteiger partial charge is 0.338 e. The lowest BCUT2D eigenvalue weighted by molar-refractivity contribution is -0.144. The zero-order chi connectivity index (χ0) is 17.0. The number of nitrogens with one attached hydrogen (secondary N) is 2. The molecule has 0 saturated heterocycles. The Morgan fingerprint density at radius 2 is 1.96 bits per heavy atom. The number of urea groups is 1. The highest BCUT2D eigenvalue weighted by Gasteiger charge is 2.32. The van der Waals surface area contributed by atoms with Gasteiger partial charge in [0.1, 0.15) is 5.75 Å². The third-order valence-electron chi connectivity index (χ3n) is 3.82. The maximum atomic E-state index is 12.5. The van der Waals surface area contributed by atoms with Gasteiger partial charge in [-0.15, -0.1) is 0 Å². The molecule has 1 heterocycles. The quantitative estimate of drug-likeness (QED) is 0.818. The zero-order valence-electron chi connectivity index (χ0n) is 13.8. The Balaban J connectivity index is 2.35. The van der Waals surface area contributed by atoms with Crippen LogP contribution in [0.4, 0.5) is 4.79 Å². The molecule has 0 radical (unpaired) electrons. The van der Waals surface area contributed by atoms with E-state index in [0.29, 0.717) is 17.0 Å². The van der Waals surface area contributed by atoms with Crippen LogP contribution in [0.3, 0.4) is 0 Å². The van der Waals surface area contributed by atoms with E-state index in [1.165, 1.54) is 0 Å². The summed E-state index contributed by atoms with van der Waals surface area (Å²) < 4.78 is 10.6. The summed E-state index contributed by atoms with van der Waals surface area (Å²) in [7, 11) is 1.58. The van der Waals surface area contributed by atoms with Gasteiger partial charge >= 0.3 is 12.0 Å². The molecule has 2 N–H and O–H groups in total. The minimum atomic E-state index is -0.550. The Morgan fingerprint density at radius 3 is 2.52 bits per heavy atom. The number of methoxy groups -OCH3 is 1. The first kappa shape index (κ1) is 16.9. The van der Waals surface area contributed by atoms with Crippen LogP contribution in [0.1, 0.15) is 38.8 Å². The molecule has 2 unspecified atom stereocenters. The molecule has 0 spiro atoms. The van der Waals surface area contributed by atoms with Gasteiger partial charge in [0.05, 0.1) is 24.8 Å². The number of hydrogen-bond acceptors (Lipinski definition) is 4. The molecule has 0 saturated carbocycles. The number of rotatable bonds is 5. The second kappa shape index (κ2) is 7.17. The van der Waals surface area contributed by atoms with Crippen molar-refractivity contribution in [2.75, 3.05) is 7.11 Å². The summed E-state index contributed by atoms with van der Waals surface area (Å²) >= 11 is 0. The first-order chi connectivity index (χ1) is 11.0. The lowest BCUT2D eigenvalue weighted by atomic mass is 9.95. The van der Waals surface area contributed by atoms with Crippen LogP contribution in [-0.2, 0) is 9.53 Å². The van der Waals surface area contributed by atoms with Crippen molar-refractivity contribution in [2.45, 2.75) is 39.3 Å². The minimum absolute atomic E-state index is 0.183. The van der Waals surface area contributed by atoms with Crippen LogP contribution in [0.5, 0.6) is 5.75 Å². The molecular weight excluding hydrogens is 296 g/mol. The normalized spacial score (nSPS) is 18.8. The second-order valence-electron chi connectivity index (χ2n) is 5.47. The first-order valence-corrected chi connectivity index (χ1v) is 7.59. The molecule has 0 bridgehead atoms. The molecule has 6 nitrogen and oxygen atoms in total. The van der Waals surface area contributed by atoms with Crippen molar-refractivity contribution >= 4 is 12.0 Å². The predicted octanol–water partition coefficient (Wildman–Crippen LogP) is 2.66. The lowest BCUT2D eigenvalue weighted by Crippen LogP contribution is -2.45. The van der Waals surface area contributed by atoms with Gasteiger partial charge in [-0.2, -0.15) is 0 Å². The first-order valence-electron chi connectivity index (χ1n) is 7.59. The van der Waals surface area contributed by atoms with Crippen LogP contribution in [0.2, 0.25) is 0 Å². The number of ether oxygens (including phenoxy) is 2. The third kappa shape index (κ3) is 3.83. The highest BCUT2D eigenvalue weighted by Crippen LogP contribution is 2.29. The molecule has 6 heteroatoms. The van der Waals surface area contributed by atoms with E-state index < -0.39 is 12.0 Å². The standard InChI is InChI=1S/C17H22N2O4/c1-5-10(2)23-16(20)14-11(3)18-17(21)19-15(14)12-6-8-13(22-4)9-7-12/h6-10,15H,5H2,1-4H3,(H2,18,19,21).